The quantitative estimate of drug-likeness (QED) is 0.0625. The van der Waals surface area contributed by atoms with Gasteiger partial charge < -0.3 is 65.0 Å². The Morgan fingerprint density at radius 3 is 1.49 bits per heavy atom. The lowest BCUT2D eigenvalue weighted by Gasteiger charge is -2.40. The summed E-state index contributed by atoms with van der Waals surface area (Å²) in [5, 5.41) is 7.81. The fourth-order valence-corrected chi connectivity index (χ4v) is 23.5. The number of fused-ring (bicyclic) bond motifs is 4. The fourth-order valence-electron chi connectivity index (χ4n) is 19.1. The van der Waals surface area contributed by atoms with Crippen LogP contribution in [0.4, 0.5) is 40.2 Å². The van der Waals surface area contributed by atoms with Gasteiger partial charge >= 0.3 is 18.1 Å². The molecule has 10 aliphatic rings. The number of thioether (sulfide) groups is 3. The van der Waals surface area contributed by atoms with Crippen molar-refractivity contribution in [2.24, 2.45) is 11.3 Å². The van der Waals surface area contributed by atoms with Crippen molar-refractivity contribution in [1.82, 2.24) is 54.1 Å². The zero-order valence-corrected chi connectivity index (χ0v) is 72.6. The minimum atomic E-state index is -0.928. The summed E-state index contributed by atoms with van der Waals surface area (Å²) in [6, 6.07) is 49.9. The summed E-state index contributed by atoms with van der Waals surface area (Å²) >= 11 is 4.43. The fraction of sp³-hybridized carbons (Fsp3) is 0.453. The first-order valence-corrected chi connectivity index (χ1v) is 46.6. The van der Waals surface area contributed by atoms with E-state index in [9.17, 15) is 51.9 Å². The molecular formula is C95H116F2N14O9S3. The van der Waals surface area contributed by atoms with E-state index >= 15 is 0 Å². The maximum Gasteiger partial charge on any atom is 0.322 e. The number of likely N-dealkylation sites (tertiary alicyclic amines) is 3. The molecule has 1 aliphatic carbocycles. The molecule has 2 aromatic heterocycles. The summed E-state index contributed by atoms with van der Waals surface area (Å²) in [6.45, 7) is 13.5. The third-order valence-electron chi connectivity index (χ3n) is 26.0. The van der Waals surface area contributed by atoms with Gasteiger partial charge in [0.2, 0.25) is 35.4 Å². The maximum atomic E-state index is 14.9. The highest BCUT2D eigenvalue weighted by Crippen LogP contribution is 2.50. The van der Waals surface area contributed by atoms with Crippen LogP contribution in [0.15, 0.2) is 176 Å². The van der Waals surface area contributed by atoms with Crippen molar-refractivity contribution in [2.45, 2.75) is 193 Å². The highest BCUT2D eigenvalue weighted by atomic mass is 32.2. The largest absolute Gasteiger partial charge is 0.361 e. The van der Waals surface area contributed by atoms with Gasteiger partial charge in [0, 0.05) is 167 Å². The van der Waals surface area contributed by atoms with Crippen molar-refractivity contribution in [3.63, 3.8) is 0 Å². The summed E-state index contributed by atoms with van der Waals surface area (Å²) in [6.07, 6.45) is 18.1. The van der Waals surface area contributed by atoms with Crippen molar-refractivity contribution in [2.75, 3.05) is 81.4 Å². The number of nitrogens with one attached hydrogen (secondary N) is 4. The van der Waals surface area contributed by atoms with Gasteiger partial charge in [-0.05, 0) is 152 Å². The van der Waals surface area contributed by atoms with Crippen molar-refractivity contribution >= 4 is 117 Å². The third kappa shape index (κ3) is 20.0. The SMILES string of the molecule is CC(C)(C)CCN1C(=O)C(CC(=O)N2CCC(N3CCc4ccccc4NC3=O)CC2)SC1c1cccc2cc[nH]c12.O=C(CC1SC(c2cccc(F)c2F)N(CC2CCCCC2)C1=O)N1CCC(N2CCc3ccccc3NC2=O)CC1.O=C(CC1SC(c2ccccc2)N(Cc2cccnc2)C1=O)N1CCC(N2Cc3ccccc3NC2=O)CC1.[HH].[HH].[HH]. The van der Waals surface area contributed by atoms with E-state index in [-0.39, 0.29) is 117 Å². The van der Waals surface area contributed by atoms with Crippen LogP contribution in [-0.2, 0) is 54.7 Å². The van der Waals surface area contributed by atoms with Gasteiger partial charge in [0.25, 0.3) is 0 Å². The van der Waals surface area contributed by atoms with Crippen LogP contribution in [0.2, 0.25) is 0 Å². The molecule has 6 atom stereocenters. The number of benzene rings is 6. The Balaban J connectivity index is 0.000000160. The molecular weight excluding hydrogens is 1620 g/mol. The molecule has 6 aromatic carbocycles. The van der Waals surface area contributed by atoms with Crippen LogP contribution in [-0.4, -0.2) is 207 Å². The molecule has 28 heteroatoms. The predicted molar refractivity (Wildman–Crippen MR) is 484 cm³/mol. The molecule has 7 fully saturated rings. The van der Waals surface area contributed by atoms with Gasteiger partial charge in [0.05, 0.1) is 21.3 Å². The van der Waals surface area contributed by atoms with Crippen LogP contribution in [0.3, 0.4) is 0 Å². The van der Waals surface area contributed by atoms with Crippen molar-refractivity contribution in [3.8, 4) is 0 Å². The molecule has 0 radical (unpaired) electrons. The Bertz CT molecular complexity index is 5170. The number of H-pyrrole nitrogens is 1. The molecule has 12 amide bonds. The lowest BCUT2D eigenvalue weighted by molar-refractivity contribution is -0.137. The number of hydrogen-bond donors (Lipinski definition) is 4. The number of nitrogens with zero attached hydrogens (tertiary/aromatic N) is 10. The topological polar surface area (TPSA) is 248 Å². The standard InChI is InChI=1S/C33H41N5O3S.C32H38F2N4O3S.C30H31N5O3S.3H2/c1-33(2,3)15-20-38-30(40)27(42-31(38)25-9-6-8-23-11-16-34-29(23)25)21-28(39)36-17-13-24(14-18-36)37-19-12-22-7-4-5-10-26(22)35-32(37)41;33-25-11-6-10-24(29(25)34)31-38(20-21-7-2-1-3-8-21)30(40)27(42-31)19-28(39)36-16-14-23(15-17-36)37-18-13-22-9-4-5-12-26(22)35-32(37)41;36-27(33-15-12-24(13-16-33)34-20-23-10-4-5-11-25(23)32-30(34)38)17-26-28(37)35(19-21-7-6-14-31-18-21)29(39-26)22-8-2-1-3-9-22;;;/h4-11,16,24,27,31,34H,12-15,17-21H2,1-3H3,(H,35,41);4-6,9-12,21,23,27,31H,1-3,7-8,13-20H2,(H,35,41);1-11,14,18,24,26,29H,12-13,15-17,19-20H2,(H,32,38);3*1H. The smallest absolute Gasteiger partial charge is 0.322 e. The second-order valence-electron chi connectivity index (χ2n) is 35.2. The Morgan fingerprint density at radius 2 is 0.943 bits per heavy atom. The minimum Gasteiger partial charge on any atom is -0.361 e. The van der Waals surface area contributed by atoms with Gasteiger partial charge in [-0.2, -0.15) is 0 Å². The number of urea groups is 3. The van der Waals surface area contributed by atoms with Gasteiger partial charge in [-0.1, -0.05) is 161 Å². The third-order valence-corrected chi connectivity index (χ3v) is 30.4. The molecule has 6 saturated heterocycles. The first-order valence-electron chi connectivity index (χ1n) is 43.7. The Labute approximate surface area is 735 Å². The normalized spacial score (nSPS) is 22.5. The van der Waals surface area contributed by atoms with Gasteiger partial charge in [-0.3, -0.25) is 33.8 Å². The number of para-hydroxylation sites is 4. The molecule has 123 heavy (non-hydrogen) atoms. The molecule has 8 aromatic rings. The number of pyridine rings is 1. The number of carbonyl (C=O) groups is 9. The highest BCUT2D eigenvalue weighted by Gasteiger charge is 2.48. The highest BCUT2D eigenvalue weighted by molar-refractivity contribution is 8.01. The Hall–Kier alpha value is -10.5. The van der Waals surface area contributed by atoms with E-state index in [2.05, 4.69) is 71.0 Å². The first kappa shape index (κ1) is 86.1. The van der Waals surface area contributed by atoms with E-state index in [1.54, 1.807) is 51.8 Å². The molecule has 23 nitrogen and oxygen atoms in total. The molecule has 9 aliphatic heterocycles. The number of carbonyl (C=O) groups excluding carboxylic acids is 9. The number of aromatic amines is 1. The van der Waals surface area contributed by atoms with Gasteiger partial charge in [0.1, 0.15) is 16.1 Å². The maximum absolute atomic E-state index is 14.9. The summed E-state index contributed by atoms with van der Waals surface area (Å²) in [5.41, 5.74) is 10.4. The van der Waals surface area contributed by atoms with E-state index in [4.69, 9.17) is 0 Å². The van der Waals surface area contributed by atoms with E-state index in [0.29, 0.717) is 97.3 Å². The summed E-state index contributed by atoms with van der Waals surface area (Å²) in [7, 11) is 0. The molecule has 652 valence electrons. The molecule has 6 unspecified atom stereocenters. The molecule has 0 spiro atoms. The second kappa shape index (κ2) is 38.8. The van der Waals surface area contributed by atoms with Crippen LogP contribution in [0.5, 0.6) is 0 Å². The number of rotatable bonds is 18. The monoisotopic (exact) mass is 1730 g/mol. The Morgan fingerprint density at radius 1 is 0.472 bits per heavy atom. The van der Waals surface area contributed by atoms with Crippen LogP contribution in [0.1, 0.15) is 176 Å². The van der Waals surface area contributed by atoms with Crippen molar-refractivity contribution < 1.29 is 56.2 Å². The number of anilines is 3. The van der Waals surface area contributed by atoms with Crippen LogP contribution in [0.25, 0.3) is 10.9 Å². The molecule has 0 bridgehead atoms. The van der Waals surface area contributed by atoms with Gasteiger partial charge in [-0.25, -0.2) is 23.2 Å². The zero-order valence-electron chi connectivity index (χ0n) is 70.1. The van der Waals surface area contributed by atoms with Crippen LogP contribution >= 0.6 is 35.3 Å². The average molecular weight is 1730 g/mol. The lowest BCUT2D eigenvalue weighted by Crippen LogP contribution is -2.51. The van der Waals surface area contributed by atoms with E-state index in [1.165, 1.54) is 24.2 Å². The lowest BCUT2D eigenvalue weighted by atomic mass is 9.88. The van der Waals surface area contributed by atoms with Gasteiger partial charge in [0.15, 0.2) is 11.6 Å². The summed E-state index contributed by atoms with van der Waals surface area (Å²) in [5.74, 6) is -1.71. The van der Waals surface area contributed by atoms with Crippen LogP contribution in [0, 0.1) is 23.0 Å². The first-order chi connectivity index (χ1) is 59.6. The average Bonchev–Trinajstić information content (AvgIpc) is 1.63. The number of hydrogen-bond acceptors (Lipinski definition) is 13. The minimum absolute atomic E-state index is 0. The predicted octanol–water partition coefficient (Wildman–Crippen LogP) is 17.4. The number of amides is 12. The molecule has 4 N–H and O–H groups in total. The molecule has 11 heterocycles. The van der Waals surface area contributed by atoms with Crippen molar-refractivity contribution in [3.05, 3.63) is 227 Å². The number of halogens is 2. The van der Waals surface area contributed by atoms with Gasteiger partial charge in [-0.15, -0.1) is 35.3 Å². The molecule has 1 saturated carbocycles. The van der Waals surface area contributed by atoms with Crippen molar-refractivity contribution in [1.29, 1.82) is 0 Å². The molecule has 18 rings (SSSR count). The van der Waals surface area contributed by atoms with Crippen LogP contribution < -0.4 is 16.0 Å². The van der Waals surface area contributed by atoms with E-state index in [0.717, 1.165) is 138 Å². The summed E-state index contributed by atoms with van der Waals surface area (Å²) < 4.78 is 29.1. The number of aromatic nitrogens is 2. The second-order valence-corrected chi connectivity index (χ2v) is 39.0. The Kier molecular flexibility index (Phi) is 27.1. The number of piperidine rings is 3. The van der Waals surface area contributed by atoms with E-state index < -0.39 is 32.8 Å². The van der Waals surface area contributed by atoms with E-state index in [1.807, 2.05) is 156 Å². The zero-order chi connectivity index (χ0) is 85.4. The summed E-state index contributed by atoms with van der Waals surface area (Å²) in [4.78, 5) is 144.